The van der Waals surface area contributed by atoms with E-state index in [1.54, 1.807) is 35.7 Å². The van der Waals surface area contributed by atoms with Gasteiger partial charge in [-0.2, -0.15) is 0 Å². The van der Waals surface area contributed by atoms with E-state index < -0.39 is 0 Å². The predicted octanol–water partition coefficient (Wildman–Crippen LogP) is 4.45. The van der Waals surface area contributed by atoms with Crippen LogP contribution in [0.3, 0.4) is 0 Å². The average molecular weight is 277 g/mol. The Balaban J connectivity index is 1.83. The highest BCUT2D eigenvalue weighted by Gasteiger charge is 2.15. The van der Waals surface area contributed by atoms with Gasteiger partial charge in [0, 0.05) is 15.5 Å². The fraction of sp³-hybridized carbons (Fsp3) is 0.143. The molecular weight excluding hydrogens is 265 g/mol. The van der Waals surface area contributed by atoms with E-state index in [2.05, 4.69) is 29.2 Å². The number of fused-ring (bicyclic) bond motifs is 1. The zero-order chi connectivity index (χ0) is 12.4. The van der Waals surface area contributed by atoms with Crippen LogP contribution >= 0.6 is 23.5 Å². The van der Waals surface area contributed by atoms with Crippen molar-refractivity contribution in [2.75, 3.05) is 16.7 Å². The fourth-order valence-corrected chi connectivity index (χ4v) is 4.15. The lowest BCUT2D eigenvalue weighted by molar-refractivity contribution is 0.627. The Kier molecular flexibility index (Phi) is 3.48. The highest BCUT2D eigenvalue weighted by molar-refractivity contribution is 8.03. The second-order valence-corrected chi connectivity index (χ2v) is 5.99. The Bertz CT molecular complexity index is 532. The van der Waals surface area contributed by atoms with Crippen LogP contribution in [0.2, 0.25) is 0 Å². The molecule has 0 spiro atoms. The number of hydrogen-bond acceptors (Lipinski definition) is 3. The van der Waals surface area contributed by atoms with Crippen molar-refractivity contribution in [3.05, 3.63) is 54.3 Å². The van der Waals surface area contributed by atoms with Crippen molar-refractivity contribution >= 4 is 29.2 Å². The molecule has 0 saturated carbocycles. The molecule has 2 aromatic carbocycles. The summed E-state index contributed by atoms with van der Waals surface area (Å²) < 4.78 is 13.2. The molecule has 1 heterocycles. The van der Waals surface area contributed by atoms with E-state index in [1.807, 2.05) is 6.07 Å². The minimum atomic E-state index is -0.177. The molecule has 0 unspecified atom stereocenters. The van der Waals surface area contributed by atoms with E-state index in [9.17, 15) is 4.39 Å². The second-order valence-electron chi connectivity index (χ2n) is 4.01. The van der Waals surface area contributed by atoms with Crippen molar-refractivity contribution in [3.63, 3.8) is 0 Å². The van der Waals surface area contributed by atoms with Gasteiger partial charge in [-0.1, -0.05) is 18.2 Å². The summed E-state index contributed by atoms with van der Waals surface area (Å²) in [6.45, 7) is 0. The molecule has 0 saturated heterocycles. The highest BCUT2D eigenvalue weighted by Crippen LogP contribution is 2.36. The predicted molar refractivity (Wildman–Crippen MR) is 76.8 cm³/mol. The van der Waals surface area contributed by atoms with Gasteiger partial charge in [0.2, 0.25) is 0 Å². The third kappa shape index (κ3) is 2.49. The van der Waals surface area contributed by atoms with Crippen molar-refractivity contribution in [1.29, 1.82) is 0 Å². The molecule has 2 aromatic rings. The molecule has 0 fully saturated rings. The topological polar surface area (TPSA) is 3.24 Å². The minimum absolute atomic E-state index is 0.177. The lowest BCUT2D eigenvalue weighted by Gasteiger charge is -2.21. The zero-order valence-corrected chi connectivity index (χ0v) is 11.3. The first-order valence-electron chi connectivity index (χ1n) is 5.68. The summed E-state index contributed by atoms with van der Waals surface area (Å²) in [6.07, 6.45) is 0. The highest BCUT2D eigenvalue weighted by atomic mass is 32.2. The number of thioether (sulfide) groups is 2. The van der Waals surface area contributed by atoms with Crippen LogP contribution in [0.4, 0.5) is 10.1 Å². The van der Waals surface area contributed by atoms with Crippen LogP contribution in [0.25, 0.3) is 0 Å². The first-order valence-corrected chi connectivity index (χ1v) is 7.65. The van der Waals surface area contributed by atoms with E-state index in [0.29, 0.717) is 0 Å². The van der Waals surface area contributed by atoms with Crippen molar-refractivity contribution in [2.45, 2.75) is 9.79 Å². The summed E-state index contributed by atoms with van der Waals surface area (Å²) in [6, 6.07) is 15.2. The Labute approximate surface area is 114 Å². The summed E-state index contributed by atoms with van der Waals surface area (Å²) in [4.78, 5) is 4.81. The molecule has 0 N–H and O–H groups in total. The third-order valence-electron chi connectivity index (χ3n) is 2.77. The van der Waals surface area contributed by atoms with Gasteiger partial charge in [0.15, 0.2) is 0 Å². The van der Waals surface area contributed by atoms with Crippen LogP contribution in [0, 0.1) is 5.82 Å². The van der Waals surface area contributed by atoms with Crippen molar-refractivity contribution in [2.24, 2.45) is 0 Å². The van der Waals surface area contributed by atoms with Crippen LogP contribution < -0.4 is 4.90 Å². The molecule has 18 heavy (non-hydrogen) atoms. The van der Waals surface area contributed by atoms with E-state index in [4.69, 9.17) is 0 Å². The molecule has 1 nitrogen and oxygen atoms in total. The van der Waals surface area contributed by atoms with Crippen molar-refractivity contribution < 1.29 is 4.39 Å². The first kappa shape index (κ1) is 11.9. The molecule has 0 bridgehead atoms. The maximum Gasteiger partial charge on any atom is 0.125 e. The van der Waals surface area contributed by atoms with E-state index in [-0.39, 0.29) is 5.82 Å². The van der Waals surface area contributed by atoms with Crippen LogP contribution in [0.15, 0.2) is 58.3 Å². The van der Waals surface area contributed by atoms with Crippen molar-refractivity contribution in [1.82, 2.24) is 0 Å². The van der Waals surface area contributed by atoms with Gasteiger partial charge in [-0.15, -0.1) is 23.5 Å². The normalized spacial score (nSPS) is 15.1. The molecule has 0 amide bonds. The summed E-state index contributed by atoms with van der Waals surface area (Å²) in [5.74, 6) is 1.53. The van der Waals surface area contributed by atoms with Gasteiger partial charge in [0.05, 0.1) is 11.8 Å². The third-order valence-corrected chi connectivity index (χ3v) is 5.12. The molecule has 4 heteroatoms. The quantitative estimate of drug-likeness (QED) is 0.758. The smallest absolute Gasteiger partial charge is 0.125 e. The van der Waals surface area contributed by atoms with E-state index in [0.717, 1.165) is 17.4 Å². The average Bonchev–Trinajstić information content (AvgIpc) is 2.61. The van der Waals surface area contributed by atoms with Crippen molar-refractivity contribution in [3.8, 4) is 0 Å². The van der Waals surface area contributed by atoms with Gasteiger partial charge in [-0.05, 0) is 30.3 Å². The van der Waals surface area contributed by atoms with Gasteiger partial charge in [-0.25, -0.2) is 4.39 Å². The monoisotopic (exact) mass is 277 g/mol. The zero-order valence-electron chi connectivity index (χ0n) is 9.67. The Morgan fingerprint density at radius 3 is 2.17 bits per heavy atom. The molecular formula is C14H12FNS2. The van der Waals surface area contributed by atoms with Crippen LogP contribution in [0.5, 0.6) is 0 Å². The Hall–Kier alpha value is -1.13. The molecule has 1 aliphatic rings. The van der Waals surface area contributed by atoms with E-state index in [1.165, 1.54) is 15.9 Å². The lowest BCUT2D eigenvalue weighted by Crippen LogP contribution is -2.20. The van der Waals surface area contributed by atoms with E-state index >= 15 is 0 Å². The molecule has 0 atom stereocenters. The second kappa shape index (κ2) is 5.24. The molecule has 92 valence electrons. The Morgan fingerprint density at radius 1 is 0.889 bits per heavy atom. The van der Waals surface area contributed by atoms with Gasteiger partial charge < -0.3 is 4.90 Å². The number of nitrogens with zero attached hydrogens (tertiary/aromatic N) is 1. The number of benzene rings is 2. The van der Waals surface area contributed by atoms with Gasteiger partial charge in [-0.3, -0.25) is 0 Å². The molecule has 0 radical (unpaired) electrons. The first-order chi connectivity index (χ1) is 8.83. The van der Waals surface area contributed by atoms with Gasteiger partial charge in [0.25, 0.3) is 0 Å². The SMILES string of the molecule is Fc1cccc(N2CSc3ccccc3SC2)c1. The summed E-state index contributed by atoms with van der Waals surface area (Å²) in [7, 11) is 0. The molecule has 1 aliphatic heterocycles. The Morgan fingerprint density at radius 2 is 1.56 bits per heavy atom. The standard InChI is InChI=1S/C14H12FNS2/c15-11-4-3-5-12(8-11)16-9-17-13-6-1-2-7-14(13)18-10-16/h1-8H,9-10H2. The number of hydrogen-bond donors (Lipinski definition) is 0. The summed E-state index contributed by atoms with van der Waals surface area (Å²) in [5, 5.41) is 0. The molecule has 0 aliphatic carbocycles. The minimum Gasteiger partial charge on any atom is -0.352 e. The fourth-order valence-electron chi connectivity index (χ4n) is 1.84. The molecule has 0 aromatic heterocycles. The lowest BCUT2D eigenvalue weighted by atomic mass is 10.3. The maximum absolute atomic E-state index is 13.2. The molecule has 3 rings (SSSR count). The largest absolute Gasteiger partial charge is 0.352 e. The van der Waals surface area contributed by atoms with Crippen LogP contribution in [-0.2, 0) is 0 Å². The van der Waals surface area contributed by atoms with Gasteiger partial charge in [0.1, 0.15) is 5.82 Å². The number of anilines is 1. The number of rotatable bonds is 1. The maximum atomic E-state index is 13.2. The van der Waals surface area contributed by atoms with Crippen LogP contribution in [0.1, 0.15) is 0 Å². The summed E-state index contributed by atoms with van der Waals surface area (Å²) >= 11 is 3.60. The van der Waals surface area contributed by atoms with Crippen LogP contribution in [-0.4, -0.2) is 11.8 Å². The number of halogens is 1. The van der Waals surface area contributed by atoms with Gasteiger partial charge >= 0.3 is 0 Å². The summed E-state index contributed by atoms with van der Waals surface area (Å²) in [5.41, 5.74) is 0.947.